The van der Waals surface area contributed by atoms with Gasteiger partial charge in [-0.05, 0) is 41.8 Å². The molecule has 0 unspecified atom stereocenters. The highest BCUT2D eigenvalue weighted by molar-refractivity contribution is 5.35. The molecule has 134 valence electrons. The summed E-state index contributed by atoms with van der Waals surface area (Å²) in [6, 6.07) is 10.6. The lowest BCUT2D eigenvalue weighted by Gasteiger charge is -2.10. The molecule has 0 aliphatic rings. The molecular weight excluding hydrogens is 347 g/mol. The van der Waals surface area contributed by atoms with Gasteiger partial charge in [0.05, 0.1) is 0 Å². The van der Waals surface area contributed by atoms with Crippen LogP contribution in [0.4, 0.5) is 22.0 Å². The lowest BCUT2D eigenvalue weighted by molar-refractivity contribution is 0.486. The van der Waals surface area contributed by atoms with Gasteiger partial charge in [-0.15, -0.1) is 0 Å². The maximum Gasteiger partial charge on any atom is 0.162 e. The molecule has 0 atom stereocenters. The molecule has 0 aromatic heterocycles. The highest BCUT2D eigenvalue weighted by atomic mass is 19.2. The van der Waals surface area contributed by atoms with Crippen molar-refractivity contribution in [1.82, 2.24) is 0 Å². The highest BCUT2D eigenvalue weighted by Crippen LogP contribution is 2.23. The zero-order valence-corrected chi connectivity index (χ0v) is 13.9. The summed E-state index contributed by atoms with van der Waals surface area (Å²) in [5.74, 6) is -5.07. The van der Waals surface area contributed by atoms with Crippen LogP contribution in [0.2, 0.25) is 0 Å². The fraction of sp³-hybridized carbons (Fsp3) is 0.143. The summed E-state index contributed by atoms with van der Waals surface area (Å²) in [5.41, 5.74) is 1.47. The first-order valence-electron chi connectivity index (χ1n) is 7.99. The predicted molar refractivity (Wildman–Crippen MR) is 89.5 cm³/mol. The van der Waals surface area contributed by atoms with Gasteiger partial charge in [0.1, 0.15) is 17.5 Å². The van der Waals surface area contributed by atoms with E-state index in [9.17, 15) is 22.0 Å². The Balaban J connectivity index is 1.89. The molecule has 0 nitrogen and oxygen atoms in total. The van der Waals surface area contributed by atoms with Gasteiger partial charge in [0.25, 0.3) is 0 Å². The Labute approximate surface area is 147 Å². The van der Waals surface area contributed by atoms with Crippen LogP contribution in [-0.4, -0.2) is 0 Å². The summed E-state index contributed by atoms with van der Waals surface area (Å²) in [4.78, 5) is 0. The number of hydrogen-bond donors (Lipinski definition) is 0. The zero-order chi connectivity index (χ0) is 18.8. The van der Waals surface area contributed by atoms with Crippen LogP contribution < -0.4 is 0 Å². The van der Waals surface area contributed by atoms with E-state index in [1.807, 2.05) is 19.1 Å². The molecule has 0 saturated heterocycles. The van der Waals surface area contributed by atoms with Crippen molar-refractivity contribution in [2.45, 2.75) is 19.8 Å². The van der Waals surface area contributed by atoms with E-state index in [0.717, 1.165) is 29.3 Å². The average molecular weight is 362 g/mol. The summed E-state index contributed by atoms with van der Waals surface area (Å²) in [7, 11) is 0. The molecule has 26 heavy (non-hydrogen) atoms. The van der Waals surface area contributed by atoms with E-state index < -0.39 is 29.1 Å². The van der Waals surface area contributed by atoms with Crippen LogP contribution in [0.15, 0.2) is 48.5 Å². The van der Waals surface area contributed by atoms with E-state index in [2.05, 4.69) is 0 Å². The smallest absolute Gasteiger partial charge is 0.162 e. The van der Waals surface area contributed by atoms with Crippen LogP contribution in [0, 0.1) is 36.0 Å². The number of benzene rings is 3. The van der Waals surface area contributed by atoms with Crippen molar-refractivity contribution in [3.8, 4) is 0 Å². The van der Waals surface area contributed by atoms with Gasteiger partial charge in [-0.25, -0.2) is 22.0 Å². The molecule has 0 aliphatic carbocycles. The van der Waals surface area contributed by atoms with Gasteiger partial charge in [-0.3, -0.25) is 0 Å². The zero-order valence-electron chi connectivity index (χ0n) is 13.9. The molecule has 0 bridgehead atoms. The van der Waals surface area contributed by atoms with Gasteiger partial charge in [0, 0.05) is 24.5 Å². The molecule has 3 rings (SSSR count). The maximum absolute atomic E-state index is 14.4. The van der Waals surface area contributed by atoms with Gasteiger partial charge in [-0.1, -0.05) is 29.8 Å². The van der Waals surface area contributed by atoms with Gasteiger partial charge in [0.2, 0.25) is 0 Å². The van der Waals surface area contributed by atoms with Crippen molar-refractivity contribution in [2.75, 3.05) is 0 Å². The van der Waals surface area contributed by atoms with Crippen LogP contribution in [-0.2, 0) is 12.8 Å². The number of aryl methyl sites for hydroxylation is 1. The van der Waals surface area contributed by atoms with E-state index in [-0.39, 0.29) is 29.5 Å². The summed E-state index contributed by atoms with van der Waals surface area (Å²) in [5, 5.41) is 0. The summed E-state index contributed by atoms with van der Waals surface area (Å²) in [6.45, 7) is 1.91. The van der Waals surface area contributed by atoms with Crippen LogP contribution in [0.25, 0.3) is 0 Å². The number of rotatable bonds is 4. The summed E-state index contributed by atoms with van der Waals surface area (Å²) in [6.07, 6.45) is -0.250. The second-order valence-electron chi connectivity index (χ2n) is 6.24. The van der Waals surface area contributed by atoms with Crippen LogP contribution in [0.3, 0.4) is 0 Å². The van der Waals surface area contributed by atoms with Crippen molar-refractivity contribution >= 4 is 0 Å². The first-order chi connectivity index (χ1) is 12.3. The Bertz CT molecular complexity index is 922. The molecule has 3 aromatic carbocycles. The average Bonchev–Trinajstić information content (AvgIpc) is 2.57. The minimum Gasteiger partial charge on any atom is -0.207 e. The minimum atomic E-state index is -1.34. The molecule has 0 N–H and O–H groups in total. The lowest BCUT2D eigenvalue weighted by atomic mass is 9.98. The lowest BCUT2D eigenvalue weighted by Crippen LogP contribution is -2.02. The Morgan fingerprint density at radius 2 is 1.27 bits per heavy atom. The van der Waals surface area contributed by atoms with Crippen molar-refractivity contribution in [3.63, 3.8) is 0 Å². The van der Waals surface area contributed by atoms with Crippen molar-refractivity contribution in [1.29, 1.82) is 0 Å². The fourth-order valence-corrected chi connectivity index (χ4v) is 2.79. The van der Waals surface area contributed by atoms with Crippen molar-refractivity contribution in [2.24, 2.45) is 0 Å². The first-order valence-corrected chi connectivity index (χ1v) is 7.99. The van der Waals surface area contributed by atoms with Gasteiger partial charge >= 0.3 is 0 Å². The van der Waals surface area contributed by atoms with Crippen LogP contribution in [0.5, 0.6) is 0 Å². The van der Waals surface area contributed by atoms with Crippen LogP contribution >= 0.6 is 0 Å². The van der Waals surface area contributed by atoms with Crippen molar-refractivity contribution in [3.05, 3.63) is 105 Å². The van der Waals surface area contributed by atoms with Gasteiger partial charge in [0.15, 0.2) is 11.6 Å². The van der Waals surface area contributed by atoms with Gasteiger partial charge < -0.3 is 0 Å². The molecule has 0 heterocycles. The van der Waals surface area contributed by atoms with E-state index >= 15 is 0 Å². The van der Waals surface area contributed by atoms with Gasteiger partial charge in [-0.2, -0.15) is 0 Å². The fourth-order valence-electron chi connectivity index (χ4n) is 2.79. The van der Waals surface area contributed by atoms with Crippen molar-refractivity contribution < 1.29 is 22.0 Å². The second kappa shape index (κ2) is 7.28. The first kappa shape index (κ1) is 18.1. The monoisotopic (exact) mass is 362 g/mol. The SMILES string of the molecule is Cc1ccc(Cc2c(F)cc(Cc3cc(F)cc(F)c3F)cc2F)cc1. The summed E-state index contributed by atoms with van der Waals surface area (Å²) < 4.78 is 69.0. The third-order valence-corrected chi connectivity index (χ3v) is 4.17. The molecule has 0 saturated carbocycles. The Hall–Kier alpha value is -2.69. The van der Waals surface area contributed by atoms with E-state index in [1.165, 1.54) is 0 Å². The van der Waals surface area contributed by atoms with Crippen LogP contribution in [0.1, 0.15) is 27.8 Å². The normalized spacial score (nSPS) is 11.0. The molecular formula is C21H15F5. The van der Waals surface area contributed by atoms with E-state index in [1.54, 1.807) is 12.1 Å². The number of halogens is 5. The largest absolute Gasteiger partial charge is 0.207 e. The van der Waals surface area contributed by atoms with E-state index in [4.69, 9.17) is 0 Å². The molecule has 0 aliphatic heterocycles. The molecule has 5 heteroatoms. The molecule has 0 amide bonds. The molecule has 0 fully saturated rings. The standard InChI is InChI=1S/C21H15F5/c1-12-2-4-13(5-3-12)7-17-18(23)8-14(9-19(17)24)6-15-10-16(22)11-20(25)21(15)26/h2-5,8-11H,6-7H2,1H3. The molecule has 3 aromatic rings. The summed E-state index contributed by atoms with van der Waals surface area (Å²) >= 11 is 0. The highest BCUT2D eigenvalue weighted by Gasteiger charge is 2.15. The molecule has 0 spiro atoms. The number of hydrogen-bond acceptors (Lipinski definition) is 0. The second-order valence-corrected chi connectivity index (χ2v) is 6.24. The maximum atomic E-state index is 14.4. The third-order valence-electron chi connectivity index (χ3n) is 4.17. The topological polar surface area (TPSA) is 0 Å². The Morgan fingerprint density at radius 1 is 0.654 bits per heavy atom. The quantitative estimate of drug-likeness (QED) is 0.402. The van der Waals surface area contributed by atoms with E-state index in [0.29, 0.717) is 6.07 Å². The minimum absolute atomic E-state index is 0.0706. The third kappa shape index (κ3) is 3.93. The predicted octanol–water partition coefficient (Wildman–Crippen LogP) is 5.87. The Morgan fingerprint density at radius 3 is 1.88 bits per heavy atom. The Kier molecular flexibility index (Phi) is 5.07. The molecule has 0 radical (unpaired) electrons.